The molecular formula is C21H18N4O4S. The monoisotopic (exact) mass is 422 g/mol. The Kier molecular flexibility index (Phi) is 4.80. The molecule has 2 aromatic carbocycles. The van der Waals surface area contributed by atoms with Gasteiger partial charge < -0.3 is 24.2 Å². The van der Waals surface area contributed by atoms with Crippen LogP contribution in [0.2, 0.25) is 0 Å². The maximum Gasteiger partial charge on any atom is 0.277 e. The molecule has 1 amide bonds. The number of ether oxygens (including phenoxy) is 2. The second-order valence-electron chi connectivity index (χ2n) is 6.75. The van der Waals surface area contributed by atoms with Crippen LogP contribution in [-0.2, 0) is 4.79 Å². The molecule has 1 aliphatic heterocycles. The molecular weight excluding hydrogens is 404 g/mol. The zero-order valence-corrected chi connectivity index (χ0v) is 16.9. The van der Waals surface area contributed by atoms with Crippen LogP contribution in [0.5, 0.6) is 11.5 Å². The number of anilines is 1. The maximum absolute atomic E-state index is 12.6. The van der Waals surface area contributed by atoms with Crippen LogP contribution in [-0.4, -0.2) is 39.6 Å². The van der Waals surface area contributed by atoms with Gasteiger partial charge in [0.2, 0.25) is 5.91 Å². The summed E-state index contributed by atoms with van der Waals surface area (Å²) in [5.41, 5.74) is 2.37. The largest absolute Gasteiger partial charge is 0.486 e. The van der Waals surface area contributed by atoms with Gasteiger partial charge in [-0.1, -0.05) is 30.0 Å². The summed E-state index contributed by atoms with van der Waals surface area (Å²) in [5, 5.41) is 12.0. The zero-order chi connectivity index (χ0) is 20.5. The van der Waals surface area contributed by atoms with Gasteiger partial charge in [0.05, 0.1) is 5.25 Å². The molecule has 0 aliphatic carbocycles. The minimum atomic E-state index is -0.436. The van der Waals surface area contributed by atoms with Gasteiger partial charge in [0.1, 0.15) is 18.9 Å². The number of benzene rings is 2. The lowest BCUT2D eigenvalue weighted by Crippen LogP contribution is -2.22. The van der Waals surface area contributed by atoms with Crippen molar-refractivity contribution in [1.29, 1.82) is 0 Å². The number of nitrogens with one attached hydrogen (secondary N) is 2. The van der Waals surface area contributed by atoms with Crippen LogP contribution >= 0.6 is 11.8 Å². The predicted octanol–water partition coefficient (Wildman–Crippen LogP) is 4.11. The molecule has 1 atom stereocenters. The van der Waals surface area contributed by atoms with E-state index in [9.17, 15) is 4.79 Å². The van der Waals surface area contributed by atoms with Crippen LogP contribution in [0.3, 0.4) is 0 Å². The molecule has 30 heavy (non-hydrogen) atoms. The van der Waals surface area contributed by atoms with Gasteiger partial charge in [-0.3, -0.25) is 4.79 Å². The third-order valence-corrected chi connectivity index (χ3v) is 5.56. The third kappa shape index (κ3) is 3.71. The molecule has 3 heterocycles. The molecule has 0 fully saturated rings. The van der Waals surface area contributed by atoms with E-state index in [0.29, 0.717) is 41.5 Å². The first kappa shape index (κ1) is 18.6. The Morgan fingerprint density at radius 2 is 1.93 bits per heavy atom. The van der Waals surface area contributed by atoms with Crippen LogP contribution < -0.4 is 14.8 Å². The smallest absolute Gasteiger partial charge is 0.277 e. The van der Waals surface area contributed by atoms with Gasteiger partial charge in [0.25, 0.3) is 11.1 Å². The van der Waals surface area contributed by atoms with Crippen LogP contribution in [0.25, 0.3) is 22.5 Å². The molecule has 4 aromatic rings. The summed E-state index contributed by atoms with van der Waals surface area (Å²) in [6.45, 7) is 2.80. The molecule has 0 spiro atoms. The summed E-state index contributed by atoms with van der Waals surface area (Å²) in [5.74, 6) is 1.51. The molecule has 0 unspecified atom stereocenters. The van der Waals surface area contributed by atoms with Gasteiger partial charge in [-0.15, -0.1) is 10.2 Å². The Morgan fingerprint density at radius 1 is 1.10 bits per heavy atom. The molecule has 1 aliphatic rings. The van der Waals surface area contributed by atoms with E-state index in [1.807, 2.05) is 30.3 Å². The highest BCUT2D eigenvalue weighted by atomic mass is 32.2. The zero-order valence-electron chi connectivity index (χ0n) is 16.0. The number of carbonyl (C=O) groups excluding carboxylic acids is 1. The highest BCUT2D eigenvalue weighted by Gasteiger charge is 2.20. The summed E-state index contributed by atoms with van der Waals surface area (Å²) >= 11 is 1.20. The molecule has 2 aromatic heterocycles. The van der Waals surface area contributed by atoms with E-state index < -0.39 is 5.25 Å². The van der Waals surface area contributed by atoms with Crippen LogP contribution in [0.1, 0.15) is 6.92 Å². The SMILES string of the molecule is C[C@@H](Sc1nnc(-c2cc3ccccc3[nH]2)o1)C(=O)Nc1ccc2c(c1)OCCO2. The number of para-hydroxylation sites is 1. The van der Waals surface area contributed by atoms with E-state index >= 15 is 0 Å². The summed E-state index contributed by atoms with van der Waals surface area (Å²) < 4.78 is 16.8. The minimum Gasteiger partial charge on any atom is -0.486 e. The molecule has 0 radical (unpaired) electrons. The van der Waals surface area contributed by atoms with Crippen molar-refractivity contribution in [3.05, 3.63) is 48.5 Å². The molecule has 2 N–H and O–H groups in total. The predicted molar refractivity (Wildman–Crippen MR) is 113 cm³/mol. The Hall–Kier alpha value is -3.46. The molecule has 152 valence electrons. The molecule has 0 bridgehead atoms. The number of aromatic amines is 1. The maximum atomic E-state index is 12.6. The van der Waals surface area contributed by atoms with Crippen molar-refractivity contribution in [2.45, 2.75) is 17.4 Å². The second kappa shape index (κ2) is 7.75. The van der Waals surface area contributed by atoms with E-state index in [0.717, 1.165) is 16.6 Å². The van der Waals surface area contributed by atoms with Crippen molar-refractivity contribution in [2.24, 2.45) is 0 Å². The first-order chi connectivity index (χ1) is 14.7. The van der Waals surface area contributed by atoms with Crippen LogP contribution in [0.4, 0.5) is 5.69 Å². The lowest BCUT2D eigenvalue weighted by Gasteiger charge is -2.19. The molecule has 8 nitrogen and oxygen atoms in total. The number of thioether (sulfide) groups is 1. The molecule has 0 saturated carbocycles. The van der Waals surface area contributed by atoms with E-state index in [2.05, 4.69) is 20.5 Å². The highest BCUT2D eigenvalue weighted by molar-refractivity contribution is 8.00. The van der Waals surface area contributed by atoms with E-state index in [4.69, 9.17) is 13.9 Å². The van der Waals surface area contributed by atoms with E-state index in [1.165, 1.54) is 11.8 Å². The second-order valence-corrected chi connectivity index (χ2v) is 8.04. The fourth-order valence-corrected chi connectivity index (χ4v) is 3.81. The van der Waals surface area contributed by atoms with Gasteiger partial charge in [-0.2, -0.15) is 0 Å². The molecule has 0 saturated heterocycles. The minimum absolute atomic E-state index is 0.179. The van der Waals surface area contributed by atoms with Gasteiger partial charge in [-0.25, -0.2) is 0 Å². The number of carbonyl (C=O) groups is 1. The number of hydrogen-bond donors (Lipinski definition) is 2. The topological polar surface area (TPSA) is 102 Å². The molecule has 5 rings (SSSR count). The van der Waals surface area contributed by atoms with Crippen LogP contribution in [0, 0.1) is 0 Å². The van der Waals surface area contributed by atoms with Crippen LogP contribution in [0.15, 0.2) is 58.2 Å². The first-order valence-corrected chi connectivity index (χ1v) is 10.3. The Morgan fingerprint density at radius 3 is 2.80 bits per heavy atom. The third-order valence-electron chi connectivity index (χ3n) is 4.62. The van der Waals surface area contributed by atoms with Crippen molar-refractivity contribution in [2.75, 3.05) is 18.5 Å². The lowest BCUT2D eigenvalue weighted by molar-refractivity contribution is -0.115. The first-order valence-electron chi connectivity index (χ1n) is 9.44. The average molecular weight is 422 g/mol. The van der Waals surface area contributed by atoms with Gasteiger partial charge in [-0.05, 0) is 31.2 Å². The lowest BCUT2D eigenvalue weighted by atomic mass is 10.2. The number of aromatic nitrogens is 3. The number of rotatable bonds is 5. The van der Waals surface area contributed by atoms with E-state index in [-0.39, 0.29) is 5.91 Å². The summed E-state index contributed by atoms with van der Waals surface area (Å²) in [6, 6.07) is 15.2. The van der Waals surface area contributed by atoms with Crippen molar-refractivity contribution < 1.29 is 18.7 Å². The highest BCUT2D eigenvalue weighted by Crippen LogP contribution is 2.33. The quantitative estimate of drug-likeness (QED) is 0.467. The van der Waals surface area contributed by atoms with Crippen molar-refractivity contribution in [1.82, 2.24) is 15.2 Å². The molecule has 9 heteroatoms. The standard InChI is InChI=1S/C21H18N4O4S/c1-12(19(26)22-14-6-7-17-18(11-14)28-9-8-27-17)30-21-25-24-20(29-21)16-10-13-4-2-3-5-15(13)23-16/h2-7,10-12,23H,8-9H2,1H3,(H,22,26)/t12-/m1/s1. The summed E-state index contributed by atoms with van der Waals surface area (Å²) in [7, 11) is 0. The fraction of sp³-hybridized carbons (Fsp3) is 0.190. The van der Waals surface area contributed by atoms with Gasteiger partial charge >= 0.3 is 0 Å². The fourth-order valence-electron chi connectivity index (χ4n) is 3.12. The summed E-state index contributed by atoms with van der Waals surface area (Å²) in [6.07, 6.45) is 0. The van der Waals surface area contributed by atoms with E-state index in [1.54, 1.807) is 25.1 Å². The Bertz CT molecular complexity index is 1190. The van der Waals surface area contributed by atoms with Crippen molar-refractivity contribution in [3.8, 4) is 23.1 Å². The Balaban J connectivity index is 1.25. The van der Waals surface area contributed by atoms with Gasteiger partial charge in [0.15, 0.2) is 11.5 Å². The Labute approximate surface area is 176 Å². The number of fused-ring (bicyclic) bond motifs is 2. The average Bonchev–Trinajstić information content (AvgIpc) is 3.40. The number of hydrogen-bond acceptors (Lipinski definition) is 7. The van der Waals surface area contributed by atoms with Crippen molar-refractivity contribution in [3.63, 3.8) is 0 Å². The number of nitrogens with zero attached hydrogens (tertiary/aromatic N) is 2. The van der Waals surface area contributed by atoms with Gasteiger partial charge in [0, 0.05) is 22.7 Å². The number of amides is 1. The number of H-pyrrole nitrogens is 1. The normalized spacial score (nSPS) is 13.9. The summed E-state index contributed by atoms with van der Waals surface area (Å²) in [4.78, 5) is 15.8. The van der Waals surface area contributed by atoms with Crippen molar-refractivity contribution >= 4 is 34.3 Å².